The van der Waals surface area contributed by atoms with Gasteiger partial charge >= 0.3 is 0 Å². The summed E-state index contributed by atoms with van der Waals surface area (Å²) in [5, 5.41) is 8.62. The molecule has 2 aromatic heterocycles. The summed E-state index contributed by atoms with van der Waals surface area (Å²) in [5.74, 6) is 0. The molecule has 0 spiro atoms. The maximum absolute atomic E-state index is 12.2. The summed E-state index contributed by atoms with van der Waals surface area (Å²) in [6.45, 7) is 3.94. The first kappa shape index (κ1) is 13.5. The van der Waals surface area contributed by atoms with Gasteiger partial charge in [-0.3, -0.25) is 4.79 Å². The van der Waals surface area contributed by atoms with Crippen LogP contribution >= 0.6 is 11.3 Å². The van der Waals surface area contributed by atoms with E-state index in [4.69, 9.17) is 5.73 Å². The number of pyridine rings is 1. The molecule has 3 rings (SSSR count). The SMILES string of the molecule is Cc1ccc(-n2cc(-c3nnc(N)s3)c(=O)cc2C)cc1. The van der Waals surface area contributed by atoms with Gasteiger partial charge in [0.2, 0.25) is 5.13 Å². The van der Waals surface area contributed by atoms with Crippen LogP contribution in [0.4, 0.5) is 5.13 Å². The summed E-state index contributed by atoms with van der Waals surface area (Å²) in [4.78, 5) is 12.2. The molecule has 0 aliphatic heterocycles. The topological polar surface area (TPSA) is 73.8 Å². The van der Waals surface area contributed by atoms with Crippen molar-refractivity contribution in [3.05, 3.63) is 58.0 Å². The highest BCUT2D eigenvalue weighted by atomic mass is 32.1. The van der Waals surface area contributed by atoms with E-state index in [2.05, 4.69) is 10.2 Å². The molecule has 0 amide bonds. The lowest BCUT2D eigenvalue weighted by Gasteiger charge is -2.12. The minimum absolute atomic E-state index is 0.0768. The van der Waals surface area contributed by atoms with Gasteiger partial charge in [-0.1, -0.05) is 29.0 Å². The molecule has 0 saturated heterocycles. The zero-order valence-corrected chi connectivity index (χ0v) is 12.5. The van der Waals surface area contributed by atoms with Crippen molar-refractivity contribution >= 4 is 16.5 Å². The number of nitrogens with zero attached hydrogens (tertiary/aromatic N) is 3. The minimum atomic E-state index is -0.0768. The fourth-order valence-corrected chi connectivity index (χ4v) is 2.74. The molecule has 0 atom stereocenters. The summed E-state index contributed by atoms with van der Waals surface area (Å²) < 4.78 is 1.97. The van der Waals surface area contributed by atoms with Crippen molar-refractivity contribution in [2.24, 2.45) is 0 Å². The van der Waals surface area contributed by atoms with Crippen LogP contribution in [0.3, 0.4) is 0 Å². The van der Waals surface area contributed by atoms with E-state index >= 15 is 0 Å². The highest BCUT2D eigenvalue weighted by Gasteiger charge is 2.11. The predicted molar refractivity (Wildman–Crippen MR) is 84.8 cm³/mol. The Morgan fingerprint density at radius 2 is 1.86 bits per heavy atom. The molecule has 0 bridgehead atoms. The van der Waals surface area contributed by atoms with Gasteiger partial charge < -0.3 is 10.3 Å². The van der Waals surface area contributed by atoms with E-state index in [0.29, 0.717) is 15.7 Å². The normalized spacial score (nSPS) is 10.8. The van der Waals surface area contributed by atoms with Crippen LogP contribution < -0.4 is 11.2 Å². The van der Waals surface area contributed by atoms with Gasteiger partial charge in [0.15, 0.2) is 10.4 Å². The number of nitrogens with two attached hydrogens (primary N) is 1. The summed E-state index contributed by atoms with van der Waals surface area (Å²) in [5.41, 5.74) is 9.08. The highest BCUT2D eigenvalue weighted by molar-refractivity contribution is 7.18. The van der Waals surface area contributed by atoms with E-state index < -0.39 is 0 Å². The van der Waals surface area contributed by atoms with Crippen molar-refractivity contribution < 1.29 is 0 Å². The Hall–Kier alpha value is -2.47. The third-order valence-electron chi connectivity index (χ3n) is 3.23. The third kappa shape index (κ3) is 2.57. The monoisotopic (exact) mass is 298 g/mol. The van der Waals surface area contributed by atoms with E-state index in [0.717, 1.165) is 11.4 Å². The maximum atomic E-state index is 12.2. The van der Waals surface area contributed by atoms with Gasteiger partial charge in [0.05, 0.1) is 5.56 Å². The van der Waals surface area contributed by atoms with Gasteiger partial charge in [0.1, 0.15) is 0 Å². The first-order valence-electron chi connectivity index (χ1n) is 6.44. The van der Waals surface area contributed by atoms with Crippen molar-refractivity contribution in [3.63, 3.8) is 0 Å². The Morgan fingerprint density at radius 3 is 2.48 bits per heavy atom. The van der Waals surface area contributed by atoms with Gasteiger partial charge in [-0.25, -0.2) is 0 Å². The van der Waals surface area contributed by atoms with E-state index in [1.165, 1.54) is 16.9 Å². The molecule has 0 fully saturated rings. The molecule has 2 heterocycles. The molecule has 2 N–H and O–H groups in total. The lowest BCUT2D eigenvalue weighted by molar-refractivity contribution is 0.972. The average molecular weight is 298 g/mol. The van der Waals surface area contributed by atoms with Crippen LogP contribution in [0.5, 0.6) is 0 Å². The number of hydrogen-bond donors (Lipinski definition) is 1. The maximum Gasteiger partial charge on any atom is 0.203 e. The molecule has 0 aliphatic carbocycles. The fraction of sp³-hybridized carbons (Fsp3) is 0.133. The number of hydrogen-bond acceptors (Lipinski definition) is 5. The van der Waals surface area contributed by atoms with Crippen LogP contribution in [0.25, 0.3) is 16.3 Å². The van der Waals surface area contributed by atoms with Crippen LogP contribution in [0, 0.1) is 13.8 Å². The fourth-order valence-electron chi connectivity index (χ4n) is 2.12. The van der Waals surface area contributed by atoms with Gasteiger partial charge in [0.25, 0.3) is 0 Å². The molecule has 1 aromatic carbocycles. The summed E-state index contributed by atoms with van der Waals surface area (Å²) in [6, 6.07) is 9.72. The van der Waals surface area contributed by atoms with E-state index in [9.17, 15) is 4.79 Å². The smallest absolute Gasteiger partial charge is 0.203 e. The first-order valence-corrected chi connectivity index (χ1v) is 7.26. The molecule has 5 nitrogen and oxygen atoms in total. The van der Waals surface area contributed by atoms with Crippen LogP contribution in [0.1, 0.15) is 11.3 Å². The first-order chi connectivity index (χ1) is 10.0. The number of aryl methyl sites for hydroxylation is 2. The molecule has 0 saturated carbocycles. The summed E-state index contributed by atoms with van der Waals surface area (Å²) in [7, 11) is 0. The van der Waals surface area contributed by atoms with Gasteiger partial charge in [-0.2, -0.15) is 0 Å². The number of benzene rings is 1. The third-order valence-corrected chi connectivity index (χ3v) is 4.01. The van der Waals surface area contributed by atoms with Crippen molar-refractivity contribution in [2.45, 2.75) is 13.8 Å². The Kier molecular flexibility index (Phi) is 3.31. The Balaban J connectivity index is 2.18. The predicted octanol–water partition coefficient (Wildman–Crippen LogP) is 2.56. The molecule has 106 valence electrons. The molecular weight excluding hydrogens is 284 g/mol. The molecular formula is C15H14N4OS. The lowest BCUT2D eigenvalue weighted by atomic mass is 10.2. The molecule has 21 heavy (non-hydrogen) atoms. The van der Waals surface area contributed by atoms with E-state index in [1.807, 2.05) is 42.7 Å². The zero-order chi connectivity index (χ0) is 15.0. The van der Waals surface area contributed by atoms with Crippen molar-refractivity contribution in [1.29, 1.82) is 0 Å². The van der Waals surface area contributed by atoms with Crippen LogP contribution in [-0.4, -0.2) is 14.8 Å². The molecule has 3 aromatic rings. The highest BCUT2D eigenvalue weighted by Crippen LogP contribution is 2.23. The Morgan fingerprint density at radius 1 is 1.14 bits per heavy atom. The zero-order valence-electron chi connectivity index (χ0n) is 11.7. The number of nitrogen functional groups attached to an aromatic ring is 1. The molecule has 0 aliphatic rings. The molecule has 0 unspecified atom stereocenters. The molecule has 6 heteroatoms. The van der Waals surface area contributed by atoms with E-state index in [-0.39, 0.29) is 5.43 Å². The average Bonchev–Trinajstić information content (AvgIpc) is 2.87. The number of anilines is 1. The summed E-state index contributed by atoms with van der Waals surface area (Å²) in [6.07, 6.45) is 1.79. The van der Waals surface area contributed by atoms with Crippen molar-refractivity contribution in [2.75, 3.05) is 5.73 Å². The standard InChI is InChI=1S/C15H14N4OS/c1-9-3-5-11(6-4-9)19-8-12(13(20)7-10(19)2)14-17-18-15(16)21-14/h3-8H,1-2H3,(H2,16,18). The lowest BCUT2D eigenvalue weighted by Crippen LogP contribution is -2.11. The minimum Gasteiger partial charge on any atom is -0.374 e. The second kappa shape index (κ2) is 5.14. The number of rotatable bonds is 2. The Bertz CT molecular complexity index is 849. The van der Waals surface area contributed by atoms with Gasteiger partial charge in [-0.15, -0.1) is 10.2 Å². The number of aromatic nitrogens is 3. The van der Waals surface area contributed by atoms with Crippen LogP contribution in [0.2, 0.25) is 0 Å². The van der Waals surface area contributed by atoms with Gasteiger partial charge in [-0.05, 0) is 26.0 Å². The quantitative estimate of drug-likeness (QED) is 0.789. The van der Waals surface area contributed by atoms with Crippen LogP contribution in [-0.2, 0) is 0 Å². The second-order valence-electron chi connectivity index (χ2n) is 4.84. The van der Waals surface area contributed by atoms with Crippen molar-refractivity contribution in [1.82, 2.24) is 14.8 Å². The Labute approximate surface area is 125 Å². The van der Waals surface area contributed by atoms with Crippen LogP contribution in [0.15, 0.2) is 41.3 Å². The van der Waals surface area contributed by atoms with Gasteiger partial charge in [0, 0.05) is 23.6 Å². The molecule has 0 radical (unpaired) electrons. The summed E-state index contributed by atoms with van der Waals surface area (Å²) >= 11 is 1.21. The largest absolute Gasteiger partial charge is 0.374 e. The van der Waals surface area contributed by atoms with Crippen molar-refractivity contribution in [3.8, 4) is 16.3 Å². The second-order valence-corrected chi connectivity index (χ2v) is 5.85. The van der Waals surface area contributed by atoms with E-state index in [1.54, 1.807) is 12.3 Å².